The van der Waals surface area contributed by atoms with E-state index in [1.807, 2.05) is 11.0 Å². The molecule has 1 atom stereocenters. The highest BCUT2D eigenvalue weighted by atomic mass is 16.5. The van der Waals surface area contributed by atoms with Gasteiger partial charge in [-0.15, -0.1) is 0 Å². The summed E-state index contributed by atoms with van der Waals surface area (Å²) in [6.45, 7) is 0.796. The molecule has 0 N–H and O–H groups in total. The summed E-state index contributed by atoms with van der Waals surface area (Å²) >= 11 is 0. The van der Waals surface area contributed by atoms with Gasteiger partial charge in [-0.2, -0.15) is 0 Å². The number of rotatable bonds is 5. The maximum atomic E-state index is 12.9. The number of aromatic nitrogens is 2. The van der Waals surface area contributed by atoms with E-state index in [0.29, 0.717) is 11.6 Å². The molecule has 0 bridgehead atoms. The molecular weight excluding hydrogens is 302 g/mol. The summed E-state index contributed by atoms with van der Waals surface area (Å²) in [4.78, 5) is 23.0. The number of piperidine rings is 1. The molecule has 126 valence electrons. The van der Waals surface area contributed by atoms with Crippen molar-refractivity contribution in [2.45, 2.75) is 38.1 Å². The smallest absolute Gasteiger partial charge is 0.272 e. The van der Waals surface area contributed by atoms with Crippen LogP contribution in [0.5, 0.6) is 5.88 Å². The van der Waals surface area contributed by atoms with Gasteiger partial charge in [-0.3, -0.25) is 4.79 Å². The maximum absolute atomic E-state index is 12.9. The first-order valence-corrected chi connectivity index (χ1v) is 8.49. The quantitative estimate of drug-likeness (QED) is 0.847. The molecule has 2 aromatic rings. The first kappa shape index (κ1) is 16.4. The number of likely N-dealkylation sites (tertiary alicyclic amines) is 1. The van der Waals surface area contributed by atoms with Crippen molar-refractivity contribution in [1.82, 2.24) is 14.9 Å². The molecule has 1 saturated heterocycles. The monoisotopic (exact) mass is 325 g/mol. The van der Waals surface area contributed by atoms with Gasteiger partial charge in [0.2, 0.25) is 5.88 Å². The molecule has 1 fully saturated rings. The molecule has 24 heavy (non-hydrogen) atoms. The van der Waals surface area contributed by atoms with Gasteiger partial charge in [0.15, 0.2) is 0 Å². The van der Waals surface area contributed by atoms with Crippen LogP contribution in [-0.2, 0) is 6.42 Å². The highest BCUT2D eigenvalue weighted by molar-refractivity contribution is 5.92. The molecule has 5 nitrogen and oxygen atoms in total. The number of aryl methyl sites for hydroxylation is 1. The van der Waals surface area contributed by atoms with Gasteiger partial charge in [0.1, 0.15) is 12.0 Å². The largest absolute Gasteiger partial charge is 0.481 e. The van der Waals surface area contributed by atoms with Crippen molar-refractivity contribution in [3.8, 4) is 5.88 Å². The fraction of sp³-hybridized carbons (Fsp3) is 0.421. The molecule has 0 saturated carbocycles. The molecule has 1 amide bonds. The van der Waals surface area contributed by atoms with Crippen molar-refractivity contribution in [3.63, 3.8) is 0 Å². The summed E-state index contributed by atoms with van der Waals surface area (Å²) < 4.78 is 5.10. The van der Waals surface area contributed by atoms with Crippen LogP contribution in [-0.4, -0.2) is 40.5 Å². The van der Waals surface area contributed by atoms with Gasteiger partial charge in [0.25, 0.3) is 5.91 Å². The van der Waals surface area contributed by atoms with Gasteiger partial charge in [0.05, 0.1) is 7.11 Å². The van der Waals surface area contributed by atoms with Gasteiger partial charge >= 0.3 is 0 Å². The van der Waals surface area contributed by atoms with Crippen LogP contribution < -0.4 is 4.74 Å². The first-order chi connectivity index (χ1) is 11.8. The van der Waals surface area contributed by atoms with Crippen LogP contribution in [0.4, 0.5) is 0 Å². The zero-order chi connectivity index (χ0) is 16.8. The van der Waals surface area contributed by atoms with E-state index in [-0.39, 0.29) is 11.9 Å². The minimum absolute atomic E-state index is 0.0199. The fourth-order valence-electron chi connectivity index (χ4n) is 3.26. The number of carbonyl (C=O) groups is 1. The summed E-state index contributed by atoms with van der Waals surface area (Å²) in [5.74, 6) is 0.402. The lowest BCUT2D eigenvalue weighted by molar-refractivity contribution is 0.0595. The van der Waals surface area contributed by atoms with E-state index in [1.54, 1.807) is 13.2 Å². The molecular formula is C19H23N3O2. The van der Waals surface area contributed by atoms with Crippen LogP contribution in [0.1, 0.15) is 41.7 Å². The standard InChI is InChI=1S/C19H23N3O2/c1-24-18-13-17(20-14-21-18)19(23)22-12-6-5-9-16(22)11-10-15-7-3-2-4-8-15/h2-4,7-8,13-14,16H,5-6,9-12H2,1H3. The van der Waals surface area contributed by atoms with E-state index in [0.717, 1.165) is 32.2 Å². The van der Waals surface area contributed by atoms with Gasteiger partial charge in [-0.25, -0.2) is 9.97 Å². The highest BCUT2D eigenvalue weighted by Gasteiger charge is 2.28. The number of nitrogens with zero attached hydrogens (tertiary/aromatic N) is 3. The van der Waals surface area contributed by atoms with E-state index in [4.69, 9.17) is 4.74 Å². The zero-order valence-corrected chi connectivity index (χ0v) is 14.0. The van der Waals surface area contributed by atoms with E-state index in [9.17, 15) is 4.79 Å². The number of carbonyl (C=O) groups excluding carboxylic acids is 1. The maximum Gasteiger partial charge on any atom is 0.272 e. The number of hydrogen-bond donors (Lipinski definition) is 0. The highest BCUT2D eigenvalue weighted by Crippen LogP contribution is 2.23. The van der Waals surface area contributed by atoms with Crippen LogP contribution in [0.3, 0.4) is 0 Å². The van der Waals surface area contributed by atoms with Crippen LogP contribution in [0, 0.1) is 0 Å². The second-order valence-electron chi connectivity index (χ2n) is 6.12. The topological polar surface area (TPSA) is 55.3 Å². The van der Waals surface area contributed by atoms with Gasteiger partial charge in [-0.05, 0) is 37.7 Å². The molecule has 1 aromatic carbocycles. The molecule has 0 aliphatic carbocycles. The first-order valence-electron chi connectivity index (χ1n) is 8.49. The van der Waals surface area contributed by atoms with Crippen molar-refractivity contribution >= 4 is 5.91 Å². The average molecular weight is 325 g/mol. The molecule has 0 spiro atoms. The fourth-order valence-corrected chi connectivity index (χ4v) is 3.26. The Morgan fingerprint density at radius 1 is 1.25 bits per heavy atom. The summed E-state index contributed by atoms with van der Waals surface area (Å²) in [5.41, 5.74) is 1.73. The predicted molar refractivity (Wildman–Crippen MR) is 92.0 cm³/mol. The third-order valence-electron chi connectivity index (χ3n) is 4.57. The summed E-state index contributed by atoms with van der Waals surface area (Å²) in [5, 5.41) is 0. The minimum Gasteiger partial charge on any atom is -0.481 e. The van der Waals surface area contributed by atoms with Crippen molar-refractivity contribution in [3.05, 3.63) is 54.0 Å². The van der Waals surface area contributed by atoms with Gasteiger partial charge < -0.3 is 9.64 Å². The summed E-state index contributed by atoms with van der Waals surface area (Å²) in [6.07, 6.45) is 6.64. The lowest BCUT2D eigenvalue weighted by Crippen LogP contribution is -2.44. The van der Waals surface area contributed by atoms with Gasteiger partial charge in [0, 0.05) is 18.7 Å². The number of ether oxygens (including phenoxy) is 1. The van der Waals surface area contributed by atoms with Crippen LogP contribution in [0.2, 0.25) is 0 Å². The van der Waals surface area contributed by atoms with Crippen LogP contribution in [0.15, 0.2) is 42.7 Å². The Balaban J connectivity index is 1.70. The molecule has 5 heteroatoms. The SMILES string of the molecule is COc1cc(C(=O)N2CCCCC2CCc2ccccc2)ncn1. The van der Waals surface area contributed by atoms with E-state index in [1.165, 1.54) is 18.3 Å². The number of hydrogen-bond acceptors (Lipinski definition) is 4. The molecule has 1 unspecified atom stereocenters. The Labute approximate surface area is 142 Å². The normalized spacial score (nSPS) is 17.5. The Morgan fingerprint density at radius 2 is 2.08 bits per heavy atom. The third kappa shape index (κ3) is 3.91. The van der Waals surface area contributed by atoms with Crippen LogP contribution >= 0.6 is 0 Å². The summed E-state index contributed by atoms with van der Waals surface area (Å²) in [7, 11) is 1.54. The molecule has 2 heterocycles. The van der Waals surface area contributed by atoms with Crippen LogP contribution in [0.25, 0.3) is 0 Å². The number of methoxy groups -OCH3 is 1. The Hall–Kier alpha value is -2.43. The Morgan fingerprint density at radius 3 is 2.88 bits per heavy atom. The lowest BCUT2D eigenvalue weighted by atomic mass is 9.95. The third-order valence-corrected chi connectivity index (χ3v) is 4.57. The Bertz CT molecular complexity index is 675. The van der Waals surface area contributed by atoms with E-state index >= 15 is 0 Å². The van der Waals surface area contributed by atoms with E-state index < -0.39 is 0 Å². The Kier molecular flexibility index (Phi) is 5.41. The zero-order valence-electron chi connectivity index (χ0n) is 14.0. The molecule has 1 aliphatic heterocycles. The molecule has 0 radical (unpaired) electrons. The van der Waals surface area contributed by atoms with Gasteiger partial charge in [-0.1, -0.05) is 30.3 Å². The van der Waals surface area contributed by atoms with Crippen molar-refractivity contribution in [2.75, 3.05) is 13.7 Å². The molecule has 1 aromatic heterocycles. The predicted octanol–water partition coefficient (Wildman–Crippen LogP) is 3.11. The second-order valence-corrected chi connectivity index (χ2v) is 6.12. The summed E-state index contributed by atoms with van der Waals surface area (Å²) in [6, 6.07) is 12.3. The van der Waals surface area contributed by atoms with Crippen molar-refractivity contribution in [2.24, 2.45) is 0 Å². The molecule has 3 rings (SSSR count). The minimum atomic E-state index is -0.0199. The lowest BCUT2D eigenvalue weighted by Gasteiger charge is -2.35. The second kappa shape index (κ2) is 7.90. The van der Waals surface area contributed by atoms with Crippen molar-refractivity contribution in [1.29, 1.82) is 0 Å². The number of benzene rings is 1. The van der Waals surface area contributed by atoms with Crippen molar-refractivity contribution < 1.29 is 9.53 Å². The average Bonchev–Trinajstić information content (AvgIpc) is 2.67. The van der Waals surface area contributed by atoms with E-state index in [2.05, 4.69) is 34.2 Å². The number of amides is 1. The molecule has 1 aliphatic rings.